The third-order valence-electron chi connectivity index (χ3n) is 2.09. The highest BCUT2D eigenvalue weighted by molar-refractivity contribution is 6.31. The fraction of sp³-hybridized carbons (Fsp3) is 0.467. The van der Waals surface area contributed by atoms with Crippen LogP contribution in [-0.2, 0) is 28.8 Å². The summed E-state index contributed by atoms with van der Waals surface area (Å²) in [6.07, 6.45) is -5.72. The number of carbonyl (C=O) groups excluding carboxylic acids is 2. The molecule has 0 aliphatic carbocycles. The fourth-order valence-corrected chi connectivity index (χ4v) is 0.761. The lowest BCUT2D eigenvalue weighted by Gasteiger charge is -2.22. The molecule has 0 spiro atoms. The summed E-state index contributed by atoms with van der Waals surface area (Å²) in [5.74, 6) is -5.55. The number of rotatable bonds is 8. The van der Waals surface area contributed by atoms with Gasteiger partial charge in [0.05, 0.1) is 6.61 Å². The second-order valence-electron chi connectivity index (χ2n) is 4.75. The van der Waals surface area contributed by atoms with Crippen molar-refractivity contribution in [2.24, 2.45) is 0 Å². The minimum absolute atomic E-state index is 0.0258. The average Bonchev–Trinajstić information content (AvgIpc) is 2.64. The van der Waals surface area contributed by atoms with Crippen LogP contribution < -0.4 is 0 Å². The van der Waals surface area contributed by atoms with E-state index < -0.39 is 60.7 Å². The zero-order valence-electron chi connectivity index (χ0n) is 15.7. The molecular formula is C15H24O15. The van der Waals surface area contributed by atoms with Crippen LogP contribution >= 0.6 is 0 Å². The van der Waals surface area contributed by atoms with Gasteiger partial charge in [-0.15, -0.1) is 0 Å². The molecule has 0 rings (SSSR count). The Hall–Kier alpha value is -3.24. The van der Waals surface area contributed by atoms with Gasteiger partial charge in [-0.1, -0.05) is 0 Å². The van der Waals surface area contributed by atoms with Crippen LogP contribution in [0.2, 0.25) is 0 Å². The van der Waals surface area contributed by atoms with Crippen LogP contribution in [0.15, 0.2) is 12.2 Å². The maximum Gasteiger partial charge on any atom is 0.371 e. The highest BCUT2D eigenvalue weighted by atomic mass is 16.4. The number of aliphatic carboxylic acids is 4. The Kier molecular flexibility index (Phi) is 23.4. The van der Waals surface area contributed by atoms with E-state index in [-0.39, 0.29) is 6.29 Å². The predicted molar refractivity (Wildman–Crippen MR) is 93.2 cm³/mol. The van der Waals surface area contributed by atoms with Crippen molar-refractivity contribution in [2.75, 3.05) is 6.61 Å². The van der Waals surface area contributed by atoms with E-state index in [4.69, 9.17) is 50.8 Å². The highest BCUT2D eigenvalue weighted by Gasteiger charge is 2.29. The summed E-state index contributed by atoms with van der Waals surface area (Å²) in [7, 11) is 0. The second kappa shape index (κ2) is 20.5. The van der Waals surface area contributed by atoms with Crippen molar-refractivity contribution in [3.8, 4) is 0 Å². The van der Waals surface area contributed by atoms with Crippen molar-refractivity contribution < 1.29 is 74.7 Å². The van der Waals surface area contributed by atoms with Gasteiger partial charge in [0, 0.05) is 26.0 Å². The van der Waals surface area contributed by atoms with Crippen molar-refractivity contribution in [3.05, 3.63) is 12.2 Å². The Bertz CT molecular complexity index is 551. The van der Waals surface area contributed by atoms with E-state index in [2.05, 4.69) is 0 Å². The van der Waals surface area contributed by atoms with Gasteiger partial charge in [0.15, 0.2) is 6.29 Å². The number of carboxylic acid groups (broad SMARTS) is 4. The molecule has 0 aromatic carbocycles. The summed E-state index contributed by atoms with van der Waals surface area (Å²) in [5.41, 5.74) is 0. The molecule has 0 radical (unpaired) electrons. The zero-order valence-corrected chi connectivity index (χ0v) is 15.7. The van der Waals surface area contributed by atoms with Gasteiger partial charge in [-0.05, 0) is 0 Å². The Morgan fingerprint density at radius 1 is 0.767 bits per heavy atom. The molecule has 0 unspecified atom stereocenters. The van der Waals surface area contributed by atoms with Crippen molar-refractivity contribution in [1.29, 1.82) is 0 Å². The SMILES string of the molecule is CC(=O)C(=O)O.CC(=O)O.O=C(O)C=CC(=O)O.O=C[C@H](O)[C@@H](O)[C@H](O)[C@H](O)CO. The number of aliphatic hydroxyl groups is 5. The van der Waals surface area contributed by atoms with Gasteiger partial charge in [-0.2, -0.15) is 0 Å². The van der Waals surface area contributed by atoms with E-state index in [0.29, 0.717) is 12.2 Å². The monoisotopic (exact) mass is 444 g/mol. The highest BCUT2D eigenvalue weighted by Crippen LogP contribution is 2.02. The molecule has 15 nitrogen and oxygen atoms in total. The smallest absolute Gasteiger partial charge is 0.371 e. The molecule has 0 amide bonds. The summed E-state index contributed by atoms with van der Waals surface area (Å²) < 4.78 is 0. The van der Waals surface area contributed by atoms with Crippen LogP contribution in [0.5, 0.6) is 0 Å². The lowest BCUT2D eigenvalue weighted by atomic mass is 10.0. The molecule has 0 aromatic heterocycles. The molecule has 0 fully saturated rings. The van der Waals surface area contributed by atoms with E-state index in [1.54, 1.807) is 0 Å². The van der Waals surface area contributed by atoms with Crippen molar-refractivity contribution in [3.63, 3.8) is 0 Å². The van der Waals surface area contributed by atoms with Crippen molar-refractivity contribution in [1.82, 2.24) is 0 Å². The first kappa shape index (κ1) is 34.3. The van der Waals surface area contributed by atoms with Crippen molar-refractivity contribution >= 4 is 35.9 Å². The minimum Gasteiger partial charge on any atom is -0.481 e. The topological polar surface area (TPSA) is 284 Å². The molecule has 0 saturated carbocycles. The maximum atomic E-state index is 9.90. The number of ketones is 1. The molecule has 15 heteroatoms. The summed E-state index contributed by atoms with van der Waals surface area (Å²) in [5, 5.41) is 74.2. The lowest BCUT2D eigenvalue weighted by molar-refractivity contribution is -0.148. The first-order valence-electron chi connectivity index (χ1n) is 7.40. The van der Waals surface area contributed by atoms with E-state index >= 15 is 0 Å². The molecule has 9 N–H and O–H groups in total. The summed E-state index contributed by atoms with van der Waals surface area (Å²) in [6, 6.07) is 0. The first-order valence-corrected chi connectivity index (χ1v) is 7.40. The van der Waals surface area contributed by atoms with E-state index in [1.807, 2.05) is 0 Å². The number of Topliss-reactive ketones (excluding diaryl/α,β-unsaturated/α-hetero) is 1. The van der Waals surface area contributed by atoms with E-state index in [0.717, 1.165) is 13.8 Å². The number of hydrogen-bond donors (Lipinski definition) is 9. The lowest BCUT2D eigenvalue weighted by Crippen LogP contribution is -2.46. The van der Waals surface area contributed by atoms with Crippen molar-refractivity contribution in [2.45, 2.75) is 38.3 Å². The van der Waals surface area contributed by atoms with E-state index in [9.17, 15) is 24.0 Å². The largest absolute Gasteiger partial charge is 0.481 e. The third-order valence-corrected chi connectivity index (χ3v) is 2.09. The predicted octanol–water partition coefficient (Wildman–Crippen LogP) is -3.92. The number of aldehydes is 1. The van der Waals surface area contributed by atoms with Crippen LogP contribution in [0.25, 0.3) is 0 Å². The third kappa shape index (κ3) is 29.5. The molecule has 0 aliphatic heterocycles. The number of carboxylic acids is 4. The molecule has 0 bridgehead atoms. The van der Waals surface area contributed by atoms with Crippen LogP contribution in [0.3, 0.4) is 0 Å². The number of carbonyl (C=O) groups is 6. The molecule has 0 aliphatic rings. The van der Waals surface area contributed by atoms with Crippen LogP contribution in [0.4, 0.5) is 0 Å². The van der Waals surface area contributed by atoms with Crippen LogP contribution in [0, 0.1) is 0 Å². The Morgan fingerprint density at radius 3 is 1.23 bits per heavy atom. The van der Waals surface area contributed by atoms with Crippen LogP contribution in [-0.4, -0.2) is 113 Å². The molecule has 0 aromatic rings. The Balaban J connectivity index is -0.000000163. The van der Waals surface area contributed by atoms with Gasteiger partial charge in [0.2, 0.25) is 5.78 Å². The molecule has 0 saturated heterocycles. The second-order valence-corrected chi connectivity index (χ2v) is 4.75. The Morgan fingerprint density at radius 2 is 1.07 bits per heavy atom. The fourth-order valence-electron chi connectivity index (χ4n) is 0.761. The standard InChI is InChI=1S/C6H12O6.C4H4O4.C3H4O3.C2H4O2/c7-1-3(9)5(11)6(12)4(10)2-8;5-3(6)1-2-4(7)8;1-2(4)3(5)6;1-2(3)4/h1,3-6,8-12H,2H2;1-2H,(H,5,6)(H,7,8);1H3,(H,5,6);1H3,(H,3,4)/t3-,4+,5+,6+;;;/m0.../s1. The Labute approximate surface area is 168 Å². The summed E-state index contributed by atoms with van der Waals surface area (Å²) in [6.45, 7) is 1.33. The number of hydrogen-bond acceptors (Lipinski definition) is 11. The average molecular weight is 444 g/mol. The molecule has 174 valence electrons. The maximum absolute atomic E-state index is 9.90. The first-order chi connectivity index (χ1) is 13.5. The number of aliphatic hydroxyl groups excluding tert-OH is 5. The van der Waals surface area contributed by atoms with Gasteiger partial charge in [-0.3, -0.25) is 9.59 Å². The van der Waals surface area contributed by atoms with Gasteiger partial charge >= 0.3 is 17.9 Å². The molecule has 0 heterocycles. The quantitative estimate of drug-likeness (QED) is 0.0981. The van der Waals surface area contributed by atoms with Crippen LogP contribution in [0.1, 0.15) is 13.8 Å². The summed E-state index contributed by atoms with van der Waals surface area (Å²) >= 11 is 0. The van der Waals surface area contributed by atoms with Gasteiger partial charge in [-0.25, -0.2) is 14.4 Å². The van der Waals surface area contributed by atoms with Gasteiger partial charge < -0.3 is 50.8 Å². The molecular weight excluding hydrogens is 420 g/mol. The van der Waals surface area contributed by atoms with Gasteiger partial charge in [0.25, 0.3) is 5.97 Å². The molecule has 30 heavy (non-hydrogen) atoms. The minimum atomic E-state index is -1.79. The van der Waals surface area contributed by atoms with Gasteiger partial charge in [0.1, 0.15) is 24.4 Å². The summed E-state index contributed by atoms with van der Waals surface area (Å²) in [4.78, 5) is 56.9. The van der Waals surface area contributed by atoms with E-state index in [1.165, 1.54) is 0 Å². The zero-order chi connectivity index (χ0) is 25.0. The normalized spacial score (nSPS) is 13.3. The molecule has 4 atom stereocenters.